The number of nitrogens with zero attached hydrogens (tertiary/aromatic N) is 3. The lowest BCUT2D eigenvalue weighted by atomic mass is 10.2. The zero-order valence-electron chi connectivity index (χ0n) is 8.98. The van der Waals surface area contributed by atoms with Gasteiger partial charge < -0.3 is 4.90 Å². The van der Waals surface area contributed by atoms with E-state index in [1.54, 1.807) is 12.3 Å². The highest BCUT2D eigenvalue weighted by Crippen LogP contribution is 2.26. The van der Waals surface area contributed by atoms with E-state index in [1.807, 2.05) is 12.1 Å². The molecule has 1 aromatic rings. The van der Waals surface area contributed by atoms with Crippen molar-refractivity contribution in [2.75, 3.05) is 11.9 Å². The molecule has 3 heteroatoms. The van der Waals surface area contributed by atoms with Crippen LogP contribution in [-0.4, -0.2) is 18.1 Å². The SMILES string of the molecule is CN(c1ccc(C#N)nc1)C1CCCC1. The Bertz CT molecular complexity index is 357. The van der Waals surface area contributed by atoms with Crippen LogP contribution in [0.3, 0.4) is 0 Å². The third-order valence-corrected chi connectivity index (χ3v) is 3.14. The van der Waals surface area contributed by atoms with Crippen molar-refractivity contribution < 1.29 is 0 Å². The minimum absolute atomic E-state index is 0.485. The molecule has 0 atom stereocenters. The van der Waals surface area contributed by atoms with Gasteiger partial charge in [0.2, 0.25) is 0 Å². The molecular weight excluding hydrogens is 186 g/mol. The van der Waals surface area contributed by atoms with Gasteiger partial charge in [-0.3, -0.25) is 0 Å². The van der Waals surface area contributed by atoms with E-state index >= 15 is 0 Å². The van der Waals surface area contributed by atoms with E-state index in [2.05, 4.69) is 16.9 Å². The Balaban J connectivity index is 2.11. The van der Waals surface area contributed by atoms with Crippen molar-refractivity contribution in [2.45, 2.75) is 31.7 Å². The molecule has 0 spiro atoms. The molecule has 1 fully saturated rings. The van der Waals surface area contributed by atoms with Crippen molar-refractivity contribution in [3.8, 4) is 6.07 Å². The Morgan fingerprint density at radius 1 is 1.40 bits per heavy atom. The summed E-state index contributed by atoms with van der Waals surface area (Å²) in [6.45, 7) is 0. The molecule has 0 unspecified atom stereocenters. The third kappa shape index (κ3) is 2.10. The average Bonchev–Trinajstić information content (AvgIpc) is 2.82. The molecule has 1 aromatic heterocycles. The highest BCUT2D eigenvalue weighted by molar-refractivity contribution is 5.46. The molecule has 0 radical (unpaired) electrons. The molecule has 0 N–H and O–H groups in total. The molecule has 1 aliphatic carbocycles. The lowest BCUT2D eigenvalue weighted by Gasteiger charge is -2.26. The largest absolute Gasteiger partial charge is 0.370 e. The van der Waals surface area contributed by atoms with Crippen LogP contribution in [0, 0.1) is 11.3 Å². The van der Waals surface area contributed by atoms with Crippen LogP contribution in [-0.2, 0) is 0 Å². The zero-order valence-corrected chi connectivity index (χ0v) is 8.98. The molecule has 15 heavy (non-hydrogen) atoms. The molecule has 0 aliphatic heterocycles. The van der Waals surface area contributed by atoms with Crippen LogP contribution >= 0.6 is 0 Å². The average molecular weight is 201 g/mol. The van der Waals surface area contributed by atoms with E-state index in [0.717, 1.165) is 5.69 Å². The summed E-state index contributed by atoms with van der Waals surface area (Å²) in [5, 5.41) is 8.65. The first kappa shape index (κ1) is 9.97. The second-order valence-corrected chi connectivity index (χ2v) is 4.06. The monoisotopic (exact) mass is 201 g/mol. The van der Waals surface area contributed by atoms with E-state index < -0.39 is 0 Å². The van der Waals surface area contributed by atoms with Gasteiger partial charge in [0, 0.05) is 13.1 Å². The van der Waals surface area contributed by atoms with Crippen molar-refractivity contribution in [1.29, 1.82) is 5.26 Å². The minimum atomic E-state index is 0.485. The number of hydrogen-bond acceptors (Lipinski definition) is 3. The first-order valence-corrected chi connectivity index (χ1v) is 5.40. The third-order valence-electron chi connectivity index (χ3n) is 3.14. The fraction of sp³-hybridized carbons (Fsp3) is 0.500. The summed E-state index contributed by atoms with van der Waals surface area (Å²) in [6.07, 6.45) is 7.00. The summed E-state index contributed by atoms with van der Waals surface area (Å²) in [4.78, 5) is 6.37. The van der Waals surface area contributed by atoms with Gasteiger partial charge in [-0.2, -0.15) is 5.26 Å². The van der Waals surface area contributed by atoms with Crippen LogP contribution in [0.2, 0.25) is 0 Å². The Morgan fingerprint density at radius 2 is 2.13 bits per heavy atom. The van der Waals surface area contributed by atoms with Crippen LogP contribution in [0.1, 0.15) is 31.4 Å². The van der Waals surface area contributed by atoms with E-state index in [9.17, 15) is 0 Å². The van der Waals surface area contributed by atoms with Gasteiger partial charge in [0.1, 0.15) is 11.8 Å². The molecule has 1 aliphatic rings. The van der Waals surface area contributed by atoms with Gasteiger partial charge in [0.25, 0.3) is 0 Å². The smallest absolute Gasteiger partial charge is 0.140 e. The summed E-state index contributed by atoms with van der Waals surface area (Å²) in [5.74, 6) is 0. The standard InChI is InChI=1S/C12H15N3/c1-15(11-4-2-3-5-11)12-7-6-10(8-13)14-9-12/h6-7,9,11H,2-5H2,1H3. The van der Waals surface area contributed by atoms with E-state index in [4.69, 9.17) is 5.26 Å². The van der Waals surface area contributed by atoms with Crippen molar-refractivity contribution in [1.82, 2.24) is 4.98 Å². The van der Waals surface area contributed by atoms with Gasteiger partial charge >= 0.3 is 0 Å². The molecular formula is C12H15N3. The highest BCUT2D eigenvalue weighted by Gasteiger charge is 2.19. The predicted molar refractivity (Wildman–Crippen MR) is 59.6 cm³/mol. The van der Waals surface area contributed by atoms with Gasteiger partial charge in [-0.15, -0.1) is 0 Å². The zero-order chi connectivity index (χ0) is 10.7. The normalized spacial score (nSPS) is 16.3. The van der Waals surface area contributed by atoms with Crippen molar-refractivity contribution >= 4 is 5.69 Å². The quantitative estimate of drug-likeness (QED) is 0.737. The van der Waals surface area contributed by atoms with Crippen LogP contribution in [0.4, 0.5) is 5.69 Å². The maximum Gasteiger partial charge on any atom is 0.140 e. The number of hydrogen-bond donors (Lipinski definition) is 0. The molecule has 0 aromatic carbocycles. The van der Waals surface area contributed by atoms with Gasteiger partial charge in [0.15, 0.2) is 0 Å². The molecule has 1 heterocycles. The van der Waals surface area contributed by atoms with Crippen molar-refractivity contribution in [3.63, 3.8) is 0 Å². The number of rotatable bonds is 2. The molecule has 0 saturated heterocycles. The Labute approximate surface area is 90.4 Å². The van der Waals surface area contributed by atoms with Crippen LogP contribution in [0.5, 0.6) is 0 Å². The van der Waals surface area contributed by atoms with Crippen LogP contribution in [0.15, 0.2) is 18.3 Å². The van der Waals surface area contributed by atoms with E-state index in [0.29, 0.717) is 11.7 Å². The Morgan fingerprint density at radius 3 is 2.67 bits per heavy atom. The van der Waals surface area contributed by atoms with Crippen LogP contribution < -0.4 is 4.90 Å². The minimum Gasteiger partial charge on any atom is -0.370 e. The predicted octanol–water partition coefficient (Wildman–Crippen LogP) is 2.33. The summed E-state index contributed by atoms with van der Waals surface area (Å²) in [5.41, 5.74) is 1.60. The number of anilines is 1. The first-order valence-electron chi connectivity index (χ1n) is 5.40. The summed E-state index contributed by atoms with van der Waals surface area (Å²) in [7, 11) is 2.11. The second kappa shape index (κ2) is 4.31. The van der Waals surface area contributed by atoms with E-state index in [1.165, 1.54) is 25.7 Å². The molecule has 2 rings (SSSR count). The fourth-order valence-corrected chi connectivity index (χ4v) is 2.16. The highest BCUT2D eigenvalue weighted by atomic mass is 15.1. The summed E-state index contributed by atoms with van der Waals surface area (Å²) < 4.78 is 0. The fourth-order valence-electron chi connectivity index (χ4n) is 2.16. The number of pyridine rings is 1. The van der Waals surface area contributed by atoms with Gasteiger partial charge in [0.05, 0.1) is 11.9 Å². The molecule has 3 nitrogen and oxygen atoms in total. The Kier molecular flexibility index (Phi) is 2.86. The van der Waals surface area contributed by atoms with Gasteiger partial charge in [-0.25, -0.2) is 4.98 Å². The lowest BCUT2D eigenvalue weighted by molar-refractivity contribution is 0.652. The maximum atomic E-state index is 8.65. The number of aromatic nitrogens is 1. The lowest BCUT2D eigenvalue weighted by Crippen LogP contribution is -2.28. The van der Waals surface area contributed by atoms with Crippen LogP contribution in [0.25, 0.3) is 0 Å². The Hall–Kier alpha value is -1.56. The first-order chi connectivity index (χ1) is 7.31. The molecule has 1 saturated carbocycles. The summed E-state index contributed by atoms with van der Waals surface area (Å²) >= 11 is 0. The molecule has 0 bridgehead atoms. The van der Waals surface area contributed by atoms with Crippen molar-refractivity contribution in [3.05, 3.63) is 24.0 Å². The second-order valence-electron chi connectivity index (χ2n) is 4.06. The maximum absolute atomic E-state index is 8.65. The van der Waals surface area contributed by atoms with Gasteiger partial charge in [-0.05, 0) is 25.0 Å². The molecule has 78 valence electrons. The number of nitriles is 1. The molecule has 0 amide bonds. The van der Waals surface area contributed by atoms with Crippen molar-refractivity contribution in [2.24, 2.45) is 0 Å². The van der Waals surface area contributed by atoms with Gasteiger partial charge in [-0.1, -0.05) is 12.8 Å². The van der Waals surface area contributed by atoms with E-state index in [-0.39, 0.29) is 0 Å². The topological polar surface area (TPSA) is 39.9 Å². The summed E-state index contributed by atoms with van der Waals surface area (Å²) in [6, 6.07) is 6.44.